The van der Waals surface area contributed by atoms with Gasteiger partial charge in [-0.05, 0) is 12.8 Å². The van der Waals surface area contributed by atoms with Crippen LogP contribution in [0.2, 0.25) is 0 Å². The Morgan fingerprint density at radius 3 is 1.71 bits per heavy atom. The van der Waals surface area contributed by atoms with Gasteiger partial charge in [0, 0.05) is 23.8 Å². The van der Waals surface area contributed by atoms with Gasteiger partial charge in [0.05, 0.1) is 12.2 Å². The van der Waals surface area contributed by atoms with E-state index in [1.54, 1.807) is 0 Å². The van der Waals surface area contributed by atoms with Crippen molar-refractivity contribution in [2.75, 3.05) is 0 Å². The average Bonchev–Trinajstić information content (AvgIpc) is 2.60. The normalized spacial score (nSPS) is 39.1. The van der Waals surface area contributed by atoms with Crippen LogP contribution in [-0.4, -0.2) is 24.1 Å². The smallest absolute Gasteiger partial charge is 1.00 e. The molecule has 6 heteroatoms. The Balaban J connectivity index is 0.000000980. The summed E-state index contributed by atoms with van der Waals surface area (Å²) < 4.78 is 5.18. The van der Waals surface area contributed by atoms with Crippen LogP contribution in [0.5, 0.6) is 0 Å². The Bertz CT molecular complexity index is 246. The second kappa shape index (κ2) is 4.18. The van der Waals surface area contributed by atoms with E-state index in [4.69, 9.17) is 4.74 Å². The molecule has 0 aromatic rings. The molecule has 2 aliphatic heterocycles. The minimum Gasteiger partial charge on any atom is -1.00 e. The molecule has 0 saturated carbocycles. The van der Waals surface area contributed by atoms with Crippen LogP contribution in [0.4, 0.5) is 0 Å². The molecule has 2 saturated heterocycles. The van der Waals surface area contributed by atoms with Crippen molar-refractivity contribution in [3.8, 4) is 0 Å². The molecule has 0 amide bonds. The molecule has 0 spiro atoms. The van der Waals surface area contributed by atoms with Gasteiger partial charge in [-0.2, -0.15) is 0 Å². The van der Waals surface area contributed by atoms with Crippen molar-refractivity contribution in [3.63, 3.8) is 0 Å². The first kappa shape index (κ1) is 12.0. The maximum atomic E-state index is 10.6. The number of hydrogen-bond donors (Lipinski definition) is 0. The Hall–Kier alpha value is -0.100. The number of hydrogen-bond acceptors (Lipinski definition) is 5. The number of carbonyl (C=O) groups is 2. The molecule has 5 nitrogen and oxygen atoms in total. The largest absolute Gasteiger partial charge is 1.00 e. The van der Waals surface area contributed by atoms with E-state index in [2.05, 4.69) is 0 Å². The molecule has 14 heavy (non-hydrogen) atoms. The zero-order valence-corrected chi connectivity index (χ0v) is 9.76. The first-order valence-electron chi connectivity index (χ1n) is 4.18. The van der Waals surface area contributed by atoms with Crippen LogP contribution in [0.1, 0.15) is 14.3 Å². The van der Waals surface area contributed by atoms with Crippen molar-refractivity contribution in [2.24, 2.45) is 11.8 Å². The molecule has 0 aromatic heterocycles. The van der Waals surface area contributed by atoms with E-state index in [0.29, 0.717) is 12.8 Å². The van der Waals surface area contributed by atoms with Crippen LogP contribution in [-0.2, 0) is 14.3 Å². The van der Waals surface area contributed by atoms with Crippen LogP contribution < -0.4 is 39.8 Å². The van der Waals surface area contributed by atoms with Crippen LogP contribution in [0.3, 0.4) is 0 Å². The molecule has 0 N–H and O–H groups in total. The standard InChI is InChI=1S/C8H10O5.Na.H/c9-7(10)5-3-1-2-4(13-3)6(5)8(11)12;;/h3-6H,1-2H2,(H,9,10)(H,11,12);;/q;+1;-1/p-2. The van der Waals surface area contributed by atoms with Crippen molar-refractivity contribution in [2.45, 2.75) is 25.0 Å². The molecule has 0 aromatic carbocycles. The molecular weight excluding hydrogens is 199 g/mol. The van der Waals surface area contributed by atoms with Crippen LogP contribution in [0.25, 0.3) is 0 Å². The minimum atomic E-state index is -1.35. The van der Waals surface area contributed by atoms with E-state index < -0.39 is 36.0 Å². The molecule has 2 aliphatic rings. The topological polar surface area (TPSA) is 89.5 Å². The van der Waals surface area contributed by atoms with Crippen molar-refractivity contribution in [1.29, 1.82) is 0 Å². The maximum absolute atomic E-state index is 10.6. The van der Waals surface area contributed by atoms with Crippen LogP contribution in [0, 0.1) is 11.8 Å². The number of carboxylic acid groups (broad SMARTS) is 2. The van der Waals surface area contributed by atoms with E-state index in [9.17, 15) is 19.8 Å². The summed E-state index contributed by atoms with van der Waals surface area (Å²) in [6.07, 6.45) is 0.232. The van der Waals surface area contributed by atoms with E-state index in [-0.39, 0.29) is 31.0 Å². The third-order valence-corrected chi connectivity index (χ3v) is 2.82. The monoisotopic (exact) mass is 208 g/mol. The summed E-state index contributed by atoms with van der Waals surface area (Å²) in [4.78, 5) is 21.2. The molecule has 4 unspecified atom stereocenters. The van der Waals surface area contributed by atoms with E-state index in [1.165, 1.54) is 0 Å². The van der Waals surface area contributed by atoms with Gasteiger partial charge in [-0.15, -0.1) is 0 Å². The van der Waals surface area contributed by atoms with Gasteiger partial charge in [-0.1, -0.05) is 0 Å². The SMILES string of the molecule is O=C([O-])C1C2CCC(O2)C1C(=O)[O-].[H-].[Na+]. The summed E-state index contributed by atoms with van der Waals surface area (Å²) in [6, 6.07) is 0. The summed E-state index contributed by atoms with van der Waals surface area (Å²) in [5.74, 6) is -4.74. The number of aliphatic carboxylic acids is 2. The van der Waals surface area contributed by atoms with Gasteiger partial charge in [-0.25, -0.2) is 0 Å². The quantitative estimate of drug-likeness (QED) is 0.422. The molecule has 2 fully saturated rings. The molecule has 2 heterocycles. The fourth-order valence-corrected chi connectivity index (χ4v) is 2.28. The number of carbonyl (C=O) groups excluding carboxylic acids is 2. The van der Waals surface area contributed by atoms with Gasteiger partial charge < -0.3 is 26.0 Å². The van der Waals surface area contributed by atoms with Crippen molar-refractivity contribution < 1.29 is 55.5 Å². The predicted octanol–water partition coefficient (Wildman–Crippen LogP) is -5.60. The Labute approximate surface area is 104 Å². The fraction of sp³-hybridized carbons (Fsp3) is 0.750. The summed E-state index contributed by atoms with van der Waals surface area (Å²) in [7, 11) is 0. The first-order valence-corrected chi connectivity index (χ1v) is 4.18. The van der Waals surface area contributed by atoms with Crippen LogP contribution >= 0.6 is 0 Å². The summed E-state index contributed by atoms with van der Waals surface area (Å²) in [5, 5.41) is 21.2. The average molecular weight is 208 g/mol. The second-order valence-corrected chi connectivity index (χ2v) is 3.48. The number of ether oxygens (including phenoxy) is 1. The Morgan fingerprint density at radius 2 is 1.43 bits per heavy atom. The van der Waals surface area contributed by atoms with E-state index in [1.807, 2.05) is 0 Å². The van der Waals surface area contributed by atoms with Gasteiger partial charge in [0.2, 0.25) is 0 Å². The molecular formula is C8H9NaO5-2. The third kappa shape index (κ3) is 1.69. The molecule has 2 bridgehead atoms. The van der Waals surface area contributed by atoms with E-state index >= 15 is 0 Å². The Kier molecular flexibility index (Phi) is 3.58. The van der Waals surface area contributed by atoms with E-state index in [0.717, 1.165) is 0 Å². The van der Waals surface area contributed by atoms with Gasteiger partial charge in [0.25, 0.3) is 0 Å². The summed E-state index contributed by atoms with van der Waals surface area (Å²) >= 11 is 0. The molecule has 2 rings (SSSR count). The fourth-order valence-electron chi connectivity index (χ4n) is 2.28. The van der Waals surface area contributed by atoms with Crippen molar-refractivity contribution in [1.82, 2.24) is 0 Å². The number of fused-ring (bicyclic) bond motifs is 2. The zero-order chi connectivity index (χ0) is 9.59. The van der Waals surface area contributed by atoms with Gasteiger partial charge >= 0.3 is 29.6 Å². The van der Waals surface area contributed by atoms with Gasteiger partial charge in [0.1, 0.15) is 0 Å². The summed E-state index contributed by atoms with van der Waals surface area (Å²) in [5.41, 5.74) is 0. The number of carboxylic acids is 2. The van der Waals surface area contributed by atoms with Crippen molar-refractivity contribution >= 4 is 11.9 Å². The predicted molar refractivity (Wildman–Crippen MR) is 36.0 cm³/mol. The second-order valence-electron chi connectivity index (χ2n) is 3.48. The maximum Gasteiger partial charge on any atom is 1.00 e. The molecule has 74 valence electrons. The molecule has 4 atom stereocenters. The summed E-state index contributed by atoms with van der Waals surface area (Å²) in [6.45, 7) is 0. The molecule has 0 aliphatic carbocycles. The van der Waals surface area contributed by atoms with Crippen LogP contribution in [0.15, 0.2) is 0 Å². The first-order chi connectivity index (χ1) is 6.11. The zero-order valence-electron chi connectivity index (χ0n) is 8.76. The molecule has 0 radical (unpaired) electrons. The van der Waals surface area contributed by atoms with Gasteiger partial charge in [0.15, 0.2) is 0 Å². The minimum absolute atomic E-state index is 0. The van der Waals surface area contributed by atoms with Crippen molar-refractivity contribution in [3.05, 3.63) is 0 Å². The Morgan fingerprint density at radius 1 is 1.07 bits per heavy atom. The third-order valence-electron chi connectivity index (χ3n) is 2.82. The van der Waals surface area contributed by atoms with Gasteiger partial charge in [-0.3, -0.25) is 0 Å². The number of rotatable bonds is 2.